The van der Waals surface area contributed by atoms with Crippen molar-refractivity contribution in [2.45, 2.75) is 18.4 Å². The molecule has 2 aliphatic heterocycles. The molecule has 7 heteroatoms. The van der Waals surface area contributed by atoms with Crippen molar-refractivity contribution in [3.05, 3.63) is 89.2 Å². The quantitative estimate of drug-likeness (QED) is 0.574. The summed E-state index contributed by atoms with van der Waals surface area (Å²) >= 11 is 0. The molecular weight excluding hydrogens is 437 g/mol. The Morgan fingerprint density at radius 1 is 0.971 bits per heavy atom. The molecule has 5 rings (SSSR count). The van der Waals surface area contributed by atoms with E-state index in [0.29, 0.717) is 31.1 Å². The average molecular weight is 464 g/mol. The van der Waals surface area contributed by atoms with Crippen LogP contribution in [0.4, 0.5) is 4.39 Å². The molecule has 3 unspecified atom stereocenters. The molecule has 1 fully saturated rings. The topological polar surface area (TPSA) is 68.2 Å². The van der Waals surface area contributed by atoms with Gasteiger partial charge >= 0.3 is 5.97 Å². The van der Waals surface area contributed by atoms with Crippen molar-refractivity contribution in [2.75, 3.05) is 27.0 Å². The molecule has 1 N–H and O–H groups in total. The van der Waals surface area contributed by atoms with Gasteiger partial charge in [-0.1, -0.05) is 30.3 Å². The first kappa shape index (κ1) is 22.2. The Labute approximate surface area is 197 Å². The zero-order chi connectivity index (χ0) is 23.7. The lowest BCUT2D eigenvalue weighted by atomic mass is 9.71. The summed E-state index contributed by atoms with van der Waals surface area (Å²) in [6, 6.07) is 19.7. The van der Waals surface area contributed by atoms with Crippen LogP contribution in [0.25, 0.3) is 0 Å². The van der Waals surface area contributed by atoms with Crippen LogP contribution in [0.1, 0.15) is 28.5 Å². The zero-order valence-electron chi connectivity index (χ0n) is 18.8. The Hall–Kier alpha value is -3.58. The number of carbonyl (C=O) groups is 1. The Bertz CT molecular complexity index is 1160. The van der Waals surface area contributed by atoms with E-state index >= 15 is 0 Å². The molecule has 1 saturated heterocycles. The van der Waals surface area contributed by atoms with Gasteiger partial charge in [0.15, 0.2) is 11.5 Å². The molecule has 6 nitrogen and oxygen atoms in total. The summed E-state index contributed by atoms with van der Waals surface area (Å²) < 4.78 is 29.7. The van der Waals surface area contributed by atoms with E-state index in [0.717, 1.165) is 22.4 Å². The highest BCUT2D eigenvalue weighted by molar-refractivity contribution is 5.73. The summed E-state index contributed by atoms with van der Waals surface area (Å²) in [5, 5.41) is 10.4. The Morgan fingerprint density at radius 2 is 1.62 bits per heavy atom. The number of hydrogen-bond acceptors (Lipinski definition) is 5. The van der Waals surface area contributed by atoms with Crippen LogP contribution in [0, 0.1) is 11.7 Å². The van der Waals surface area contributed by atoms with Crippen LogP contribution in [0.5, 0.6) is 17.2 Å². The number of hydrogen-bond donors (Lipinski definition) is 1. The van der Waals surface area contributed by atoms with E-state index in [9.17, 15) is 14.3 Å². The lowest BCUT2D eigenvalue weighted by Crippen LogP contribution is -2.46. The van der Waals surface area contributed by atoms with Crippen molar-refractivity contribution >= 4 is 5.97 Å². The number of methoxy groups -OCH3 is 1. The van der Waals surface area contributed by atoms with Crippen LogP contribution >= 0.6 is 0 Å². The van der Waals surface area contributed by atoms with E-state index in [2.05, 4.69) is 4.90 Å². The van der Waals surface area contributed by atoms with Gasteiger partial charge in [-0.05, 0) is 53.1 Å². The van der Waals surface area contributed by atoms with Gasteiger partial charge in [-0.2, -0.15) is 0 Å². The number of carboxylic acids is 1. The third kappa shape index (κ3) is 4.43. The standard InChI is InChI=1S/C27H26FNO5/c1-32-21-9-4-18(5-10-21)22-14-29(13-17-2-7-20(28)8-3-17)15-23(26(22)27(30)31)19-6-11-24-25(12-19)34-16-33-24/h2-12,22-23,26H,13-16H2,1H3,(H,30,31). The number of aliphatic carboxylic acids is 1. The molecule has 0 amide bonds. The van der Waals surface area contributed by atoms with E-state index in [1.807, 2.05) is 42.5 Å². The van der Waals surface area contributed by atoms with Crippen molar-refractivity contribution < 1.29 is 28.5 Å². The summed E-state index contributed by atoms with van der Waals surface area (Å²) in [6.45, 7) is 1.89. The number of rotatable bonds is 6. The number of likely N-dealkylation sites (tertiary alicyclic amines) is 1. The van der Waals surface area contributed by atoms with Crippen molar-refractivity contribution in [2.24, 2.45) is 5.92 Å². The van der Waals surface area contributed by atoms with Crippen LogP contribution in [0.15, 0.2) is 66.7 Å². The molecule has 0 aromatic heterocycles. The van der Waals surface area contributed by atoms with Gasteiger partial charge in [0.05, 0.1) is 13.0 Å². The number of carboxylic acid groups (broad SMARTS) is 1. The number of ether oxygens (including phenoxy) is 3. The van der Waals surface area contributed by atoms with Gasteiger partial charge in [0.2, 0.25) is 6.79 Å². The summed E-state index contributed by atoms with van der Waals surface area (Å²) in [4.78, 5) is 14.9. The number of benzene rings is 3. The number of nitrogens with zero attached hydrogens (tertiary/aromatic N) is 1. The van der Waals surface area contributed by atoms with Crippen molar-refractivity contribution in [3.63, 3.8) is 0 Å². The van der Waals surface area contributed by atoms with Gasteiger partial charge < -0.3 is 19.3 Å². The van der Waals surface area contributed by atoms with Crippen molar-refractivity contribution in [1.82, 2.24) is 4.90 Å². The fourth-order valence-electron chi connectivity index (χ4n) is 5.08. The van der Waals surface area contributed by atoms with E-state index < -0.39 is 11.9 Å². The van der Waals surface area contributed by atoms with E-state index in [1.165, 1.54) is 12.1 Å². The highest BCUT2D eigenvalue weighted by atomic mass is 19.1. The predicted octanol–water partition coefficient (Wildman–Crippen LogP) is 4.65. The summed E-state index contributed by atoms with van der Waals surface area (Å²) in [5.41, 5.74) is 2.83. The minimum atomic E-state index is -0.829. The van der Waals surface area contributed by atoms with Gasteiger partial charge in [-0.25, -0.2) is 4.39 Å². The molecule has 0 aliphatic carbocycles. The van der Waals surface area contributed by atoms with E-state index in [-0.39, 0.29) is 24.4 Å². The maximum atomic E-state index is 13.4. The molecule has 3 atom stereocenters. The van der Waals surface area contributed by atoms with Gasteiger partial charge in [0.25, 0.3) is 0 Å². The SMILES string of the molecule is COc1ccc(C2CN(Cc3ccc(F)cc3)CC(c3ccc4c(c3)OCO4)C2C(=O)O)cc1. The normalized spacial score (nSPS) is 21.9. The molecule has 2 aliphatic rings. The van der Waals surface area contributed by atoms with Gasteiger partial charge in [0.1, 0.15) is 11.6 Å². The average Bonchev–Trinajstić information content (AvgIpc) is 3.33. The van der Waals surface area contributed by atoms with Gasteiger partial charge in [-0.3, -0.25) is 9.69 Å². The molecule has 34 heavy (non-hydrogen) atoms. The van der Waals surface area contributed by atoms with Gasteiger partial charge in [0, 0.05) is 31.5 Å². The highest BCUT2D eigenvalue weighted by Crippen LogP contribution is 2.44. The second-order valence-electron chi connectivity index (χ2n) is 8.78. The summed E-state index contributed by atoms with van der Waals surface area (Å²) in [5.74, 6) is -0.214. The fraction of sp³-hybridized carbons (Fsp3) is 0.296. The van der Waals surface area contributed by atoms with E-state index in [4.69, 9.17) is 14.2 Å². The third-order valence-electron chi connectivity index (χ3n) is 6.75. The van der Waals surface area contributed by atoms with Crippen LogP contribution in [-0.4, -0.2) is 43.0 Å². The maximum Gasteiger partial charge on any atom is 0.307 e. The number of halogens is 1. The monoisotopic (exact) mass is 463 g/mol. The summed E-state index contributed by atoms with van der Waals surface area (Å²) in [6.07, 6.45) is 0. The second-order valence-corrected chi connectivity index (χ2v) is 8.78. The third-order valence-corrected chi connectivity index (χ3v) is 6.75. The largest absolute Gasteiger partial charge is 0.497 e. The van der Waals surface area contributed by atoms with Crippen LogP contribution in [0.2, 0.25) is 0 Å². The molecule has 0 bridgehead atoms. The smallest absolute Gasteiger partial charge is 0.307 e. The Morgan fingerprint density at radius 3 is 2.29 bits per heavy atom. The van der Waals surface area contributed by atoms with Gasteiger partial charge in [-0.15, -0.1) is 0 Å². The van der Waals surface area contributed by atoms with Crippen LogP contribution in [-0.2, 0) is 11.3 Å². The molecule has 2 heterocycles. The lowest BCUT2D eigenvalue weighted by Gasteiger charge is -2.42. The molecule has 0 radical (unpaired) electrons. The number of piperidine rings is 1. The first-order chi connectivity index (χ1) is 16.5. The molecule has 3 aromatic carbocycles. The molecule has 176 valence electrons. The van der Waals surface area contributed by atoms with Crippen LogP contribution < -0.4 is 14.2 Å². The van der Waals surface area contributed by atoms with E-state index in [1.54, 1.807) is 19.2 Å². The maximum absolute atomic E-state index is 13.4. The molecule has 0 saturated carbocycles. The lowest BCUT2D eigenvalue weighted by molar-refractivity contribution is -0.145. The first-order valence-electron chi connectivity index (χ1n) is 11.2. The van der Waals surface area contributed by atoms with Crippen LogP contribution in [0.3, 0.4) is 0 Å². The zero-order valence-corrected chi connectivity index (χ0v) is 18.8. The Balaban J connectivity index is 1.52. The minimum Gasteiger partial charge on any atom is -0.497 e. The first-order valence-corrected chi connectivity index (χ1v) is 11.2. The van der Waals surface area contributed by atoms with Crippen molar-refractivity contribution in [1.29, 1.82) is 0 Å². The molecular formula is C27H26FNO5. The predicted molar refractivity (Wildman–Crippen MR) is 124 cm³/mol. The molecule has 0 spiro atoms. The second kappa shape index (κ2) is 9.35. The minimum absolute atomic E-state index is 0.164. The molecule has 3 aromatic rings. The van der Waals surface area contributed by atoms with Crippen molar-refractivity contribution in [3.8, 4) is 17.2 Å². The number of fused-ring (bicyclic) bond motifs is 1. The summed E-state index contributed by atoms with van der Waals surface area (Å²) in [7, 11) is 1.61. The highest BCUT2D eigenvalue weighted by Gasteiger charge is 2.43. The fourth-order valence-corrected chi connectivity index (χ4v) is 5.08. The Kier molecular flexibility index (Phi) is 6.11.